The van der Waals surface area contributed by atoms with E-state index in [0.29, 0.717) is 60.9 Å². The van der Waals surface area contributed by atoms with Gasteiger partial charge in [-0.05, 0) is 61.7 Å². The number of hydrogen-bond donors (Lipinski definition) is 2. The number of halogens is 1. The van der Waals surface area contributed by atoms with E-state index in [1.165, 1.54) is 16.4 Å². The van der Waals surface area contributed by atoms with Crippen LogP contribution >= 0.6 is 11.6 Å². The van der Waals surface area contributed by atoms with E-state index in [-0.39, 0.29) is 16.2 Å². The number of sulfonamides is 1. The van der Waals surface area contributed by atoms with Gasteiger partial charge in [0, 0.05) is 42.3 Å². The van der Waals surface area contributed by atoms with Crippen molar-refractivity contribution >= 4 is 33.2 Å². The molecule has 0 atom stereocenters. The summed E-state index contributed by atoms with van der Waals surface area (Å²) in [4.78, 5) is 15.0. The Balaban J connectivity index is 1.52. The summed E-state index contributed by atoms with van der Waals surface area (Å²) in [6.45, 7) is 6.91. The number of nitrogens with zero attached hydrogens (tertiary/aromatic N) is 3. The van der Waals surface area contributed by atoms with Crippen molar-refractivity contribution in [3.63, 3.8) is 0 Å². The fourth-order valence-corrected chi connectivity index (χ4v) is 6.08. The molecule has 0 unspecified atom stereocenters. The smallest absolute Gasteiger partial charge is 0.271 e. The third-order valence-electron chi connectivity index (χ3n) is 6.25. The van der Waals surface area contributed by atoms with E-state index in [2.05, 4.69) is 22.4 Å². The molecular formula is C23H27ClN4O4S. The molecule has 0 aromatic heterocycles. The first kappa shape index (κ1) is 23.7. The number of benzene rings is 2. The lowest BCUT2D eigenvalue weighted by molar-refractivity contribution is 0.0954. The molecule has 1 fully saturated rings. The molecule has 0 bridgehead atoms. The van der Waals surface area contributed by atoms with E-state index in [4.69, 9.17) is 11.6 Å². The predicted molar refractivity (Wildman–Crippen MR) is 127 cm³/mol. The molecule has 1 aliphatic carbocycles. The zero-order valence-electron chi connectivity index (χ0n) is 18.6. The van der Waals surface area contributed by atoms with Gasteiger partial charge in [0.05, 0.1) is 10.6 Å². The molecule has 8 nitrogen and oxygen atoms in total. The number of aryl methyl sites for hydroxylation is 1. The van der Waals surface area contributed by atoms with Crippen molar-refractivity contribution in [1.29, 1.82) is 0 Å². The number of amides is 1. The van der Waals surface area contributed by atoms with Crippen LogP contribution in [0, 0.1) is 6.92 Å². The van der Waals surface area contributed by atoms with Crippen molar-refractivity contribution in [3.05, 3.63) is 57.6 Å². The summed E-state index contributed by atoms with van der Waals surface area (Å²) in [6, 6.07) is 7.69. The molecule has 1 saturated heterocycles. The monoisotopic (exact) mass is 490 g/mol. The van der Waals surface area contributed by atoms with Crippen molar-refractivity contribution in [3.8, 4) is 5.75 Å². The minimum Gasteiger partial charge on any atom is -0.507 e. The molecule has 2 aromatic rings. The van der Waals surface area contributed by atoms with E-state index >= 15 is 0 Å². The zero-order chi connectivity index (χ0) is 23.8. The molecular weight excluding hydrogens is 464 g/mol. The Bertz CT molecular complexity index is 1220. The molecule has 0 saturated carbocycles. The van der Waals surface area contributed by atoms with Crippen LogP contribution in [-0.2, 0) is 16.4 Å². The van der Waals surface area contributed by atoms with E-state index in [1.807, 2.05) is 0 Å². The molecule has 2 aromatic carbocycles. The van der Waals surface area contributed by atoms with Gasteiger partial charge in [-0.25, -0.2) is 13.8 Å². The number of phenolic OH excluding ortho intramolecular Hbond substituents is 1. The summed E-state index contributed by atoms with van der Waals surface area (Å²) >= 11 is 6.29. The average Bonchev–Trinajstić information content (AvgIpc) is 3.26. The highest BCUT2D eigenvalue weighted by Crippen LogP contribution is 2.37. The molecule has 4 rings (SSSR count). The van der Waals surface area contributed by atoms with Gasteiger partial charge in [0.2, 0.25) is 10.0 Å². The third-order valence-corrected chi connectivity index (χ3v) is 8.48. The lowest BCUT2D eigenvalue weighted by Crippen LogP contribution is -2.48. The Morgan fingerprint density at radius 1 is 1.18 bits per heavy atom. The van der Waals surface area contributed by atoms with Crippen molar-refractivity contribution in [2.75, 3.05) is 32.7 Å². The lowest BCUT2D eigenvalue weighted by atomic mass is 10.0. The Morgan fingerprint density at radius 2 is 1.91 bits per heavy atom. The highest BCUT2D eigenvalue weighted by molar-refractivity contribution is 7.89. The Morgan fingerprint density at radius 3 is 2.61 bits per heavy atom. The van der Waals surface area contributed by atoms with Crippen LogP contribution in [0.25, 0.3) is 0 Å². The zero-order valence-corrected chi connectivity index (χ0v) is 20.2. The standard InChI is InChI=1S/C23H27ClN4O4S/c1-3-27-9-11-28(12-10-27)33(31,32)17-6-4-5-16(14-17)23(30)26-25-20-8-7-18-19(24)13-15(2)22(29)21(18)20/h4-6,13-14,29H,3,7-12H2,1-2H3,(H,26,30)/b25-20+. The molecule has 0 spiro atoms. The van der Waals surface area contributed by atoms with Gasteiger partial charge >= 0.3 is 0 Å². The minimum atomic E-state index is -3.69. The van der Waals surface area contributed by atoms with Gasteiger partial charge in [-0.2, -0.15) is 9.41 Å². The Labute approximate surface area is 198 Å². The summed E-state index contributed by atoms with van der Waals surface area (Å²) in [5.74, 6) is -0.418. The topological polar surface area (TPSA) is 102 Å². The van der Waals surface area contributed by atoms with Crippen molar-refractivity contribution in [2.24, 2.45) is 5.10 Å². The lowest BCUT2D eigenvalue weighted by Gasteiger charge is -2.33. The molecule has 10 heteroatoms. The van der Waals surface area contributed by atoms with Gasteiger partial charge < -0.3 is 10.0 Å². The van der Waals surface area contributed by atoms with E-state index in [9.17, 15) is 18.3 Å². The number of piperazine rings is 1. The largest absolute Gasteiger partial charge is 0.507 e. The highest BCUT2D eigenvalue weighted by Gasteiger charge is 2.29. The number of nitrogens with one attached hydrogen (secondary N) is 1. The summed E-state index contributed by atoms with van der Waals surface area (Å²) < 4.78 is 27.6. The number of fused-ring (bicyclic) bond motifs is 1. The van der Waals surface area contributed by atoms with Crippen LogP contribution < -0.4 is 5.43 Å². The van der Waals surface area contributed by atoms with E-state index in [0.717, 1.165) is 12.1 Å². The van der Waals surface area contributed by atoms with E-state index in [1.54, 1.807) is 25.1 Å². The number of carbonyl (C=O) groups excluding carboxylic acids is 1. The molecule has 1 heterocycles. The van der Waals surface area contributed by atoms with Gasteiger partial charge in [0.1, 0.15) is 5.75 Å². The highest BCUT2D eigenvalue weighted by atomic mass is 35.5. The number of phenols is 1. The van der Waals surface area contributed by atoms with Crippen molar-refractivity contribution in [2.45, 2.75) is 31.6 Å². The maximum absolute atomic E-state index is 13.1. The Hall–Kier alpha value is -2.46. The van der Waals surface area contributed by atoms with Crippen LogP contribution in [0.15, 0.2) is 40.3 Å². The van der Waals surface area contributed by atoms with Crippen LogP contribution in [-0.4, -0.2) is 67.1 Å². The number of rotatable bonds is 5. The fourth-order valence-electron chi connectivity index (χ4n) is 4.26. The SMILES string of the molecule is CCN1CCN(S(=O)(=O)c2cccc(C(=O)N/N=C3\CCc4c(Cl)cc(C)c(O)c43)c2)CC1. The van der Waals surface area contributed by atoms with Gasteiger partial charge in [-0.3, -0.25) is 4.79 Å². The number of carbonyl (C=O) groups is 1. The average molecular weight is 491 g/mol. The third kappa shape index (κ3) is 4.63. The fraction of sp³-hybridized carbons (Fsp3) is 0.391. The van der Waals surface area contributed by atoms with Crippen molar-refractivity contribution < 1.29 is 18.3 Å². The van der Waals surface area contributed by atoms with Crippen LogP contribution in [0.3, 0.4) is 0 Å². The number of likely N-dealkylation sites (N-methyl/N-ethyl adjacent to an activating group) is 1. The first-order valence-corrected chi connectivity index (χ1v) is 12.7. The van der Waals surface area contributed by atoms with Gasteiger partial charge in [-0.15, -0.1) is 0 Å². The summed E-state index contributed by atoms with van der Waals surface area (Å²) in [7, 11) is -3.69. The van der Waals surface area contributed by atoms with Gasteiger partial charge in [-0.1, -0.05) is 24.6 Å². The predicted octanol–water partition coefficient (Wildman–Crippen LogP) is 2.76. The first-order chi connectivity index (χ1) is 15.7. The summed E-state index contributed by atoms with van der Waals surface area (Å²) in [5, 5.41) is 15.2. The van der Waals surface area contributed by atoms with Crippen LogP contribution in [0.5, 0.6) is 5.75 Å². The second-order valence-electron chi connectivity index (χ2n) is 8.24. The molecule has 1 aliphatic heterocycles. The van der Waals surface area contributed by atoms with Crippen LogP contribution in [0.2, 0.25) is 5.02 Å². The van der Waals surface area contributed by atoms with Gasteiger partial charge in [0.15, 0.2) is 0 Å². The molecule has 33 heavy (non-hydrogen) atoms. The van der Waals surface area contributed by atoms with Gasteiger partial charge in [0.25, 0.3) is 5.91 Å². The minimum absolute atomic E-state index is 0.0824. The summed E-state index contributed by atoms with van der Waals surface area (Å²) in [5.41, 5.74) is 5.24. The molecule has 176 valence electrons. The summed E-state index contributed by atoms with van der Waals surface area (Å²) in [6.07, 6.45) is 1.15. The number of aromatic hydroxyl groups is 1. The normalized spacial score (nSPS) is 18.5. The number of hydrogen-bond acceptors (Lipinski definition) is 6. The Kier molecular flexibility index (Phi) is 6.76. The molecule has 1 amide bonds. The van der Waals surface area contributed by atoms with Crippen LogP contribution in [0.1, 0.15) is 40.4 Å². The maximum Gasteiger partial charge on any atom is 0.271 e. The molecule has 2 aliphatic rings. The molecule has 2 N–H and O–H groups in total. The van der Waals surface area contributed by atoms with Crippen molar-refractivity contribution in [1.82, 2.24) is 14.6 Å². The van der Waals surface area contributed by atoms with Crippen LogP contribution in [0.4, 0.5) is 0 Å². The second-order valence-corrected chi connectivity index (χ2v) is 10.6. The molecule has 0 radical (unpaired) electrons. The quantitative estimate of drug-likeness (QED) is 0.627. The second kappa shape index (κ2) is 9.42. The van der Waals surface area contributed by atoms with E-state index < -0.39 is 15.9 Å². The first-order valence-electron chi connectivity index (χ1n) is 10.9. The number of hydrazone groups is 1. The maximum atomic E-state index is 13.1.